The molecule has 144 valence electrons. The Labute approximate surface area is 170 Å². The number of carbonyl (C=O) groups is 2. The number of methoxy groups -OCH3 is 1. The maximum Gasteiger partial charge on any atom is 0.339 e. The van der Waals surface area contributed by atoms with Crippen molar-refractivity contribution in [3.05, 3.63) is 58.6 Å². The van der Waals surface area contributed by atoms with E-state index in [4.69, 9.17) is 16.0 Å². The van der Waals surface area contributed by atoms with E-state index >= 15 is 0 Å². The van der Waals surface area contributed by atoms with Crippen LogP contribution in [0.2, 0.25) is 5.02 Å². The zero-order chi connectivity index (χ0) is 20.1. The minimum absolute atomic E-state index is 0.0611. The molecule has 7 nitrogen and oxygen atoms in total. The number of ether oxygens (including phenoxy) is 1. The zero-order valence-electron chi connectivity index (χ0n) is 15.1. The number of hydrogen-bond donors (Lipinski definition) is 1. The standard InChI is InChI=1S/C19H16ClN3O4S/c1-11-5-3-4-6-13(11)17-22-23-19(27-17)28-10-16(24)21-12-7-8-15(20)14(9-12)18(25)26-2/h3-9H,10H2,1-2H3,(H,21,24). The summed E-state index contributed by atoms with van der Waals surface area (Å²) in [6.45, 7) is 1.95. The van der Waals surface area contributed by atoms with Gasteiger partial charge >= 0.3 is 5.97 Å². The van der Waals surface area contributed by atoms with Crippen molar-refractivity contribution in [3.63, 3.8) is 0 Å². The highest BCUT2D eigenvalue weighted by molar-refractivity contribution is 7.99. The van der Waals surface area contributed by atoms with Crippen LogP contribution >= 0.6 is 23.4 Å². The third-order valence-corrected chi connectivity index (χ3v) is 4.91. The molecule has 3 rings (SSSR count). The van der Waals surface area contributed by atoms with Crippen LogP contribution in [0, 0.1) is 6.92 Å². The van der Waals surface area contributed by atoms with Gasteiger partial charge in [0.2, 0.25) is 11.8 Å². The van der Waals surface area contributed by atoms with E-state index in [0.717, 1.165) is 22.9 Å². The predicted molar refractivity (Wildman–Crippen MR) is 107 cm³/mol. The van der Waals surface area contributed by atoms with Crippen molar-refractivity contribution in [2.75, 3.05) is 18.2 Å². The third kappa shape index (κ3) is 4.71. The maximum atomic E-state index is 12.2. The van der Waals surface area contributed by atoms with Crippen molar-refractivity contribution in [1.29, 1.82) is 0 Å². The third-order valence-electron chi connectivity index (χ3n) is 3.76. The van der Waals surface area contributed by atoms with Crippen LogP contribution in [0.3, 0.4) is 0 Å². The number of amides is 1. The lowest BCUT2D eigenvalue weighted by molar-refractivity contribution is -0.113. The smallest absolute Gasteiger partial charge is 0.339 e. The van der Waals surface area contributed by atoms with E-state index in [-0.39, 0.29) is 22.2 Å². The van der Waals surface area contributed by atoms with Crippen LogP contribution in [-0.4, -0.2) is 34.9 Å². The fourth-order valence-electron chi connectivity index (χ4n) is 2.38. The monoisotopic (exact) mass is 417 g/mol. The first-order valence-corrected chi connectivity index (χ1v) is 9.54. The van der Waals surface area contributed by atoms with Gasteiger partial charge in [-0.05, 0) is 36.8 Å². The van der Waals surface area contributed by atoms with Gasteiger partial charge < -0.3 is 14.5 Å². The Morgan fingerprint density at radius 3 is 2.75 bits per heavy atom. The van der Waals surface area contributed by atoms with Gasteiger partial charge in [0.05, 0.1) is 23.4 Å². The number of hydrogen-bond acceptors (Lipinski definition) is 7. The lowest BCUT2D eigenvalue weighted by atomic mass is 10.1. The molecule has 2 aromatic carbocycles. The number of rotatable bonds is 6. The van der Waals surface area contributed by atoms with Gasteiger partial charge in [0, 0.05) is 11.3 Å². The molecule has 0 aliphatic rings. The van der Waals surface area contributed by atoms with Crippen LogP contribution < -0.4 is 5.32 Å². The molecule has 0 unspecified atom stereocenters. The van der Waals surface area contributed by atoms with Crippen molar-refractivity contribution in [3.8, 4) is 11.5 Å². The normalized spacial score (nSPS) is 10.5. The second-order valence-electron chi connectivity index (χ2n) is 5.71. The lowest BCUT2D eigenvalue weighted by Gasteiger charge is -2.07. The van der Waals surface area contributed by atoms with Crippen molar-refractivity contribution < 1.29 is 18.7 Å². The molecule has 28 heavy (non-hydrogen) atoms. The summed E-state index contributed by atoms with van der Waals surface area (Å²) in [6, 6.07) is 12.2. The molecule has 3 aromatic rings. The Kier molecular flexibility index (Phi) is 6.33. The van der Waals surface area contributed by atoms with E-state index < -0.39 is 5.97 Å². The molecular formula is C19H16ClN3O4S. The van der Waals surface area contributed by atoms with Crippen LogP contribution in [0.25, 0.3) is 11.5 Å². The number of aryl methyl sites for hydroxylation is 1. The van der Waals surface area contributed by atoms with E-state index in [1.54, 1.807) is 6.07 Å². The molecule has 0 saturated carbocycles. The summed E-state index contributed by atoms with van der Waals surface area (Å²) >= 11 is 7.08. The minimum atomic E-state index is -0.579. The molecule has 1 N–H and O–H groups in total. The SMILES string of the molecule is COC(=O)c1cc(NC(=O)CSc2nnc(-c3ccccc3C)o2)ccc1Cl. The Hall–Kier alpha value is -2.84. The second-order valence-corrected chi connectivity index (χ2v) is 7.04. The van der Waals surface area contributed by atoms with Gasteiger partial charge in [-0.3, -0.25) is 4.79 Å². The number of aromatic nitrogens is 2. The van der Waals surface area contributed by atoms with Crippen molar-refractivity contribution in [2.24, 2.45) is 0 Å². The van der Waals surface area contributed by atoms with Gasteiger partial charge in [0.1, 0.15) is 0 Å². The Bertz CT molecular complexity index is 1020. The number of carbonyl (C=O) groups excluding carboxylic acids is 2. The molecule has 0 bridgehead atoms. The second kappa shape index (κ2) is 8.90. The number of halogens is 1. The Balaban J connectivity index is 1.61. The molecule has 0 radical (unpaired) electrons. The van der Waals surface area contributed by atoms with Crippen molar-refractivity contribution >= 4 is 40.9 Å². The van der Waals surface area contributed by atoms with E-state index in [9.17, 15) is 9.59 Å². The van der Waals surface area contributed by atoms with Crippen LogP contribution in [-0.2, 0) is 9.53 Å². The molecule has 1 aromatic heterocycles. The van der Waals surface area contributed by atoms with Gasteiger partial charge in [0.25, 0.3) is 5.22 Å². The molecular weight excluding hydrogens is 402 g/mol. The largest absolute Gasteiger partial charge is 0.465 e. The first-order valence-electron chi connectivity index (χ1n) is 8.18. The van der Waals surface area contributed by atoms with Gasteiger partial charge in [-0.1, -0.05) is 41.6 Å². The number of nitrogens with one attached hydrogen (secondary N) is 1. The van der Waals surface area contributed by atoms with Crippen LogP contribution in [0.4, 0.5) is 5.69 Å². The zero-order valence-corrected chi connectivity index (χ0v) is 16.6. The van der Waals surface area contributed by atoms with Crippen LogP contribution in [0.1, 0.15) is 15.9 Å². The van der Waals surface area contributed by atoms with Gasteiger partial charge in [-0.25, -0.2) is 4.79 Å². The average molecular weight is 418 g/mol. The molecule has 0 saturated heterocycles. The quantitative estimate of drug-likeness (QED) is 0.474. The number of nitrogens with zero attached hydrogens (tertiary/aromatic N) is 2. The lowest BCUT2D eigenvalue weighted by Crippen LogP contribution is -2.14. The molecule has 9 heteroatoms. The molecule has 0 aliphatic heterocycles. The highest BCUT2D eigenvalue weighted by Gasteiger charge is 2.15. The van der Waals surface area contributed by atoms with Gasteiger partial charge in [0.15, 0.2) is 0 Å². The summed E-state index contributed by atoms with van der Waals surface area (Å²) in [4.78, 5) is 23.9. The van der Waals surface area contributed by atoms with Crippen molar-refractivity contribution in [2.45, 2.75) is 12.1 Å². The fourth-order valence-corrected chi connectivity index (χ4v) is 3.14. The highest BCUT2D eigenvalue weighted by Crippen LogP contribution is 2.26. The minimum Gasteiger partial charge on any atom is -0.465 e. The predicted octanol–water partition coefficient (Wildman–Crippen LogP) is 4.22. The summed E-state index contributed by atoms with van der Waals surface area (Å²) in [6.07, 6.45) is 0. The summed E-state index contributed by atoms with van der Waals surface area (Å²) < 4.78 is 10.3. The van der Waals surface area contributed by atoms with E-state index in [2.05, 4.69) is 20.3 Å². The fraction of sp³-hybridized carbons (Fsp3) is 0.158. The van der Waals surface area contributed by atoms with E-state index in [1.807, 2.05) is 31.2 Å². The number of benzene rings is 2. The van der Waals surface area contributed by atoms with E-state index in [1.165, 1.54) is 19.2 Å². The maximum absolute atomic E-state index is 12.2. The highest BCUT2D eigenvalue weighted by atomic mass is 35.5. The number of anilines is 1. The summed E-state index contributed by atoms with van der Waals surface area (Å²) in [5.74, 6) is -0.406. The van der Waals surface area contributed by atoms with Crippen LogP contribution in [0.15, 0.2) is 52.1 Å². The molecule has 1 amide bonds. The van der Waals surface area contributed by atoms with Crippen molar-refractivity contribution in [1.82, 2.24) is 10.2 Å². The first-order chi connectivity index (χ1) is 13.5. The molecule has 0 fully saturated rings. The summed E-state index contributed by atoms with van der Waals surface area (Å²) in [7, 11) is 1.26. The Morgan fingerprint density at radius 1 is 1.21 bits per heavy atom. The first kappa shape index (κ1) is 19.9. The molecule has 1 heterocycles. The average Bonchev–Trinajstić information content (AvgIpc) is 3.16. The topological polar surface area (TPSA) is 94.3 Å². The van der Waals surface area contributed by atoms with Crippen LogP contribution in [0.5, 0.6) is 0 Å². The summed E-state index contributed by atoms with van der Waals surface area (Å²) in [5.41, 5.74) is 2.48. The molecule has 0 aliphatic carbocycles. The van der Waals surface area contributed by atoms with Gasteiger partial charge in [-0.2, -0.15) is 0 Å². The van der Waals surface area contributed by atoms with E-state index in [0.29, 0.717) is 16.8 Å². The Morgan fingerprint density at radius 2 is 2.00 bits per heavy atom. The molecule has 0 atom stereocenters. The molecule has 0 spiro atoms. The summed E-state index contributed by atoms with van der Waals surface area (Å²) in [5, 5.41) is 11.2. The van der Waals surface area contributed by atoms with Gasteiger partial charge in [-0.15, -0.1) is 10.2 Å². The number of esters is 1. The number of thioether (sulfide) groups is 1.